The molecule has 2 aliphatic heterocycles. The molecule has 8 nitrogen and oxygen atoms in total. The van der Waals surface area contributed by atoms with Crippen molar-refractivity contribution in [2.45, 2.75) is 19.4 Å². The number of nitrogens with zero attached hydrogens (tertiary/aromatic N) is 3. The monoisotopic (exact) mass is 406 g/mol. The van der Waals surface area contributed by atoms with Gasteiger partial charge in [0.15, 0.2) is 0 Å². The first-order valence-corrected chi connectivity index (χ1v) is 9.87. The number of halogens is 1. The molecule has 158 valence electrons. The summed E-state index contributed by atoms with van der Waals surface area (Å²) in [6.07, 6.45) is 0.0595. The van der Waals surface area contributed by atoms with Gasteiger partial charge in [0, 0.05) is 51.4 Å². The summed E-state index contributed by atoms with van der Waals surface area (Å²) in [5.41, 5.74) is 0.552. The molecular formula is C20H27FN4O4. The molecule has 2 aliphatic rings. The highest BCUT2D eigenvalue weighted by atomic mass is 19.1. The number of nitrogens with one attached hydrogen (secondary N) is 1. The smallest absolute Gasteiger partial charge is 0.244 e. The Morgan fingerprint density at radius 1 is 1.21 bits per heavy atom. The van der Waals surface area contributed by atoms with Gasteiger partial charge < -0.3 is 20.2 Å². The van der Waals surface area contributed by atoms with Crippen molar-refractivity contribution in [2.75, 3.05) is 50.8 Å². The fraction of sp³-hybridized carbons (Fsp3) is 0.550. The molecule has 0 spiro atoms. The molecular weight excluding hydrogens is 379 g/mol. The normalized spacial score (nSPS) is 21.3. The number of hydrogen-bond donors (Lipinski definition) is 2. The molecule has 3 amide bonds. The number of rotatable bonds is 6. The van der Waals surface area contributed by atoms with Crippen LogP contribution in [0.3, 0.4) is 0 Å². The Hall–Kier alpha value is -2.52. The Morgan fingerprint density at radius 2 is 1.86 bits per heavy atom. The maximum Gasteiger partial charge on any atom is 0.244 e. The molecule has 9 heteroatoms. The average molecular weight is 406 g/mol. The summed E-state index contributed by atoms with van der Waals surface area (Å²) >= 11 is 0. The molecule has 2 fully saturated rings. The fourth-order valence-electron chi connectivity index (χ4n) is 3.75. The van der Waals surface area contributed by atoms with Gasteiger partial charge in [-0.15, -0.1) is 0 Å². The maximum atomic E-state index is 13.1. The van der Waals surface area contributed by atoms with E-state index in [2.05, 4.69) is 10.2 Å². The lowest BCUT2D eigenvalue weighted by Crippen LogP contribution is -2.55. The van der Waals surface area contributed by atoms with E-state index in [1.54, 1.807) is 11.8 Å². The Kier molecular flexibility index (Phi) is 6.81. The molecule has 2 heterocycles. The molecule has 0 aromatic heterocycles. The third-order valence-electron chi connectivity index (χ3n) is 5.46. The minimum atomic E-state index is -0.679. The van der Waals surface area contributed by atoms with E-state index in [0.717, 1.165) is 0 Å². The minimum Gasteiger partial charge on any atom is -0.395 e. The summed E-state index contributed by atoms with van der Waals surface area (Å²) in [6, 6.07) is 4.89. The summed E-state index contributed by atoms with van der Waals surface area (Å²) in [5.74, 6) is -1.62. The molecule has 3 rings (SSSR count). The Bertz CT molecular complexity index is 749. The van der Waals surface area contributed by atoms with Crippen LogP contribution in [0.4, 0.5) is 10.1 Å². The quantitative estimate of drug-likeness (QED) is 0.684. The molecule has 2 unspecified atom stereocenters. The molecule has 2 saturated heterocycles. The minimum absolute atomic E-state index is 0.0595. The highest BCUT2D eigenvalue weighted by molar-refractivity contribution is 6.01. The highest BCUT2D eigenvalue weighted by Gasteiger charge is 2.36. The van der Waals surface area contributed by atoms with Crippen LogP contribution in [0.1, 0.15) is 13.3 Å². The van der Waals surface area contributed by atoms with Crippen LogP contribution in [0, 0.1) is 11.7 Å². The van der Waals surface area contributed by atoms with E-state index in [1.165, 1.54) is 29.2 Å². The number of piperazine rings is 1. The van der Waals surface area contributed by atoms with E-state index in [4.69, 9.17) is 5.11 Å². The summed E-state index contributed by atoms with van der Waals surface area (Å²) in [4.78, 5) is 42.8. The van der Waals surface area contributed by atoms with Gasteiger partial charge in [-0.05, 0) is 31.2 Å². The van der Waals surface area contributed by atoms with Crippen molar-refractivity contribution in [3.05, 3.63) is 30.1 Å². The van der Waals surface area contributed by atoms with Crippen LogP contribution < -0.4 is 10.2 Å². The van der Waals surface area contributed by atoms with Crippen LogP contribution in [0.2, 0.25) is 0 Å². The van der Waals surface area contributed by atoms with Gasteiger partial charge in [0.05, 0.1) is 12.5 Å². The highest BCUT2D eigenvalue weighted by Crippen LogP contribution is 2.25. The molecule has 0 bridgehead atoms. The first-order chi connectivity index (χ1) is 13.9. The topological polar surface area (TPSA) is 93.2 Å². The van der Waals surface area contributed by atoms with Gasteiger partial charge in [-0.2, -0.15) is 0 Å². The van der Waals surface area contributed by atoms with E-state index in [1.807, 2.05) is 0 Å². The van der Waals surface area contributed by atoms with E-state index in [-0.39, 0.29) is 43.1 Å². The van der Waals surface area contributed by atoms with Crippen molar-refractivity contribution in [3.8, 4) is 0 Å². The zero-order valence-electron chi connectivity index (χ0n) is 16.5. The summed E-state index contributed by atoms with van der Waals surface area (Å²) < 4.78 is 13.1. The van der Waals surface area contributed by atoms with Crippen molar-refractivity contribution in [1.82, 2.24) is 15.1 Å². The van der Waals surface area contributed by atoms with E-state index < -0.39 is 12.0 Å². The van der Waals surface area contributed by atoms with E-state index >= 15 is 0 Å². The van der Waals surface area contributed by atoms with E-state index in [9.17, 15) is 18.8 Å². The zero-order valence-corrected chi connectivity index (χ0v) is 16.5. The van der Waals surface area contributed by atoms with Crippen molar-refractivity contribution < 1.29 is 23.9 Å². The predicted octanol–water partition coefficient (Wildman–Crippen LogP) is -0.180. The first kappa shape index (κ1) is 21.2. The van der Waals surface area contributed by atoms with Crippen molar-refractivity contribution in [1.29, 1.82) is 0 Å². The SMILES string of the molecule is CC(NC(=O)C1CC(=O)N(c2ccc(F)cc2)C1)C(=O)N1CCN(CCO)CC1. The number of aliphatic hydroxyl groups is 1. The largest absolute Gasteiger partial charge is 0.395 e. The number of carbonyl (C=O) groups excluding carboxylic acids is 3. The van der Waals surface area contributed by atoms with Crippen molar-refractivity contribution in [2.24, 2.45) is 5.92 Å². The molecule has 1 aromatic rings. The Labute approximate surface area is 169 Å². The molecule has 1 aromatic carbocycles. The van der Waals surface area contributed by atoms with Gasteiger partial charge in [-0.25, -0.2) is 4.39 Å². The number of hydrogen-bond acceptors (Lipinski definition) is 5. The van der Waals surface area contributed by atoms with Crippen molar-refractivity contribution in [3.63, 3.8) is 0 Å². The first-order valence-electron chi connectivity index (χ1n) is 9.87. The zero-order chi connectivity index (χ0) is 21.0. The molecule has 2 atom stereocenters. The third kappa shape index (κ3) is 5.10. The summed E-state index contributed by atoms with van der Waals surface area (Å²) in [7, 11) is 0. The van der Waals surface area contributed by atoms with Crippen LogP contribution >= 0.6 is 0 Å². The fourth-order valence-corrected chi connectivity index (χ4v) is 3.75. The van der Waals surface area contributed by atoms with Gasteiger partial charge in [0.25, 0.3) is 0 Å². The molecule has 2 N–H and O–H groups in total. The lowest BCUT2D eigenvalue weighted by Gasteiger charge is -2.35. The van der Waals surface area contributed by atoms with Crippen molar-refractivity contribution >= 4 is 23.4 Å². The number of β-amino-alcohol motifs (C(OH)–C–C–N with tert-alkyl or cyclic N) is 1. The standard InChI is InChI=1S/C20H27FN4O4/c1-14(20(29)24-8-6-23(7-9-24)10-11-26)22-19(28)15-12-18(27)25(13-15)17-4-2-16(21)3-5-17/h2-5,14-15,26H,6-13H2,1H3,(H,22,28). The number of anilines is 1. The van der Waals surface area contributed by atoms with E-state index in [0.29, 0.717) is 38.4 Å². The average Bonchev–Trinajstić information content (AvgIpc) is 3.10. The second-order valence-electron chi connectivity index (χ2n) is 7.50. The van der Waals surface area contributed by atoms with Crippen LogP contribution in [0.5, 0.6) is 0 Å². The van der Waals surface area contributed by atoms with Gasteiger partial charge in [-0.1, -0.05) is 0 Å². The van der Waals surface area contributed by atoms with Crippen LogP contribution in [0.25, 0.3) is 0 Å². The summed E-state index contributed by atoms with van der Waals surface area (Å²) in [5, 5.41) is 11.7. The Morgan fingerprint density at radius 3 is 2.48 bits per heavy atom. The van der Waals surface area contributed by atoms with Crippen LogP contribution in [0.15, 0.2) is 24.3 Å². The lowest BCUT2D eigenvalue weighted by molar-refractivity contribution is -0.138. The van der Waals surface area contributed by atoms with Gasteiger partial charge >= 0.3 is 0 Å². The molecule has 0 saturated carbocycles. The number of carbonyl (C=O) groups is 3. The van der Waals surface area contributed by atoms with Gasteiger partial charge in [0.2, 0.25) is 17.7 Å². The summed E-state index contributed by atoms with van der Waals surface area (Å²) in [6.45, 7) is 5.03. The predicted molar refractivity (Wildman–Crippen MR) is 105 cm³/mol. The van der Waals surface area contributed by atoms with Crippen LogP contribution in [-0.4, -0.2) is 84.5 Å². The van der Waals surface area contributed by atoms with Gasteiger partial charge in [-0.3, -0.25) is 19.3 Å². The number of aliphatic hydroxyl groups excluding tert-OH is 1. The lowest BCUT2D eigenvalue weighted by atomic mass is 10.1. The second kappa shape index (κ2) is 9.32. The molecule has 29 heavy (non-hydrogen) atoms. The Balaban J connectivity index is 1.51. The molecule has 0 aliphatic carbocycles. The maximum absolute atomic E-state index is 13.1. The third-order valence-corrected chi connectivity index (χ3v) is 5.46. The molecule has 0 radical (unpaired) electrons. The number of amides is 3. The van der Waals surface area contributed by atoms with Crippen LogP contribution in [-0.2, 0) is 14.4 Å². The second-order valence-corrected chi connectivity index (χ2v) is 7.50. The number of benzene rings is 1. The van der Waals surface area contributed by atoms with Gasteiger partial charge in [0.1, 0.15) is 11.9 Å².